The molecule has 2 fully saturated rings. The molecule has 2 aliphatic rings. The number of benzene rings is 1. The van der Waals surface area contributed by atoms with Crippen LogP contribution in [0.5, 0.6) is 0 Å². The maximum absolute atomic E-state index is 13.2. The fourth-order valence-corrected chi connectivity index (χ4v) is 5.67. The predicted octanol–water partition coefficient (Wildman–Crippen LogP) is 2.60. The third-order valence-corrected chi connectivity index (χ3v) is 7.25. The highest BCUT2D eigenvalue weighted by Gasteiger charge is 2.48. The first-order valence-electron chi connectivity index (χ1n) is 10.5. The van der Waals surface area contributed by atoms with E-state index in [0.717, 1.165) is 31.2 Å². The molecule has 1 aliphatic carbocycles. The number of aliphatic carboxylic acids is 2. The first-order valence-corrected chi connectivity index (χ1v) is 11.7. The summed E-state index contributed by atoms with van der Waals surface area (Å²) in [5, 5.41) is 22.2. The number of rotatable bonds is 9. The smallest absolute Gasteiger partial charge is 0.326 e. The Kier molecular flexibility index (Phi) is 7.77. The highest BCUT2D eigenvalue weighted by molar-refractivity contribution is 7.98. The molecule has 1 aliphatic heterocycles. The van der Waals surface area contributed by atoms with E-state index in [-0.39, 0.29) is 17.9 Å². The van der Waals surface area contributed by atoms with Crippen LogP contribution < -0.4 is 5.32 Å². The van der Waals surface area contributed by atoms with Gasteiger partial charge in [-0.2, -0.15) is 11.8 Å². The molecule has 30 heavy (non-hydrogen) atoms. The molecule has 164 valence electrons. The van der Waals surface area contributed by atoms with E-state index in [4.69, 9.17) is 0 Å². The topological polar surface area (TPSA) is 107 Å². The van der Waals surface area contributed by atoms with Crippen molar-refractivity contribution in [3.8, 4) is 0 Å². The summed E-state index contributed by atoms with van der Waals surface area (Å²) in [6.07, 6.45) is 4.33. The van der Waals surface area contributed by atoms with Gasteiger partial charge in [0.25, 0.3) is 0 Å². The zero-order valence-corrected chi connectivity index (χ0v) is 18.0. The predicted molar refractivity (Wildman–Crippen MR) is 115 cm³/mol. The molecule has 0 spiro atoms. The molecular weight excluding hydrogens is 404 g/mol. The Morgan fingerprint density at radius 2 is 1.87 bits per heavy atom. The molecule has 5 atom stereocenters. The molecule has 1 saturated heterocycles. The Labute approximate surface area is 181 Å². The van der Waals surface area contributed by atoms with Crippen molar-refractivity contribution in [3.63, 3.8) is 0 Å². The van der Waals surface area contributed by atoms with Gasteiger partial charge in [-0.25, -0.2) is 4.79 Å². The molecule has 1 aromatic rings. The van der Waals surface area contributed by atoms with Crippen molar-refractivity contribution >= 4 is 29.6 Å². The Hall–Kier alpha value is -2.06. The van der Waals surface area contributed by atoms with Crippen molar-refractivity contribution in [3.05, 3.63) is 35.9 Å². The first kappa shape index (κ1) is 22.6. The highest BCUT2D eigenvalue weighted by atomic mass is 32.2. The number of amides is 1. The summed E-state index contributed by atoms with van der Waals surface area (Å²) < 4.78 is 0. The van der Waals surface area contributed by atoms with E-state index in [0.29, 0.717) is 17.9 Å². The standard InChI is InChI=1S/C22H30N2O5S/c1-14(23-17(21(26)27)13-30-12-15-7-3-2-4-8-15)20(25)24-18-10-6-5-9-16(18)11-19(24)22(28)29/h2-4,7-8,14,16-19,23H,5-6,9-13H2,1H3,(H,26,27)(H,28,29)/t14-,16?,17?,18?,19?/m0/s1. The van der Waals surface area contributed by atoms with Crippen LogP contribution in [0.2, 0.25) is 0 Å². The second-order valence-corrected chi connectivity index (χ2v) is 9.26. The summed E-state index contributed by atoms with van der Waals surface area (Å²) in [4.78, 5) is 38.2. The minimum atomic E-state index is -1.01. The number of carboxylic acids is 2. The number of carbonyl (C=O) groups excluding carboxylic acids is 1. The van der Waals surface area contributed by atoms with Gasteiger partial charge in [0.15, 0.2) is 0 Å². The van der Waals surface area contributed by atoms with E-state index in [2.05, 4.69) is 5.32 Å². The molecule has 1 saturated carbocycles. The second kappa shape index (κ2) is 10.3. The lowest BCUT2D eigenvalue weighted by Crippen LogP contribution is -2.56. The van der Waals surface area contributed by atoms with E-state index in [1.165, 1.54) is 16.7 Å². The molecule has 0 radical (unpaired) electrons. The third kappa shape index (κ3) is 5.35. The average Bonchev–Trinajstić information content (AvgIpc) is 3.13. The van der Waals surface area contributed by atoms with Gasteiger partial charge in [-0.1, -0.05) is 43.2 Å². The van der Waals surface area contributed by atoms with Crippen molar-refractivity contribution in [1.82, 2.24) is 10.2 Å². The van der Waals surface area contributed by atoms with Gasteiger partial charge in [-0.3, -0.25) is 14.9 Å². The number of nitrogens with zero attached hydrogens (tertiary/aromatic N) is 1. The van der Waals surface area contributed by atoms with Gasteiger partial charge in [-0.05, 0) is 37.7 Å². The van der Waals surface area contributed by atoms with Crippen LogP contribution in [0.15, 0.2) is 30.3 Å². The van der Waals surface area contributed by atoms with E-state index in [1.807, 2.05) is 30.3 Å². The monoisotopic (exact) mass is 434 g/mol. The van der Waals surface area contributed by atoms with Crippen LogP contribution in [-0.2, 0) is 20.1 Å². The lowest BCUT2D eigenvalue weighted by Gasteiger charge is -2.35. The number of nitrogens with one attached hydrogen (secondary N) is 1. The molecule has 8 heteroatoms. The van der Waals surface area contributed by atoms with Crippen LogP contribution in [0, 0.1) is 5.92 Å². The minimum Gasteiger partial charge on any atom is -0.480 e. The third-order valence-electron chi connectivity index (χ3n) is 6.14. The Balaban J connectivity index is 1.61. The molecule has 1 aromatic carbocycles. The summed E-state index contributed by atoms with van der Waals surface area (Å²) in [6, 6.07) is 7.29. The van der Waals surface area contributed by atoms with Crippen LogP contribution in [0.3, 0.4) is 0 Å². The van der Waals surface area contributed by atoms with Crippen LogP contribution in [0.25, 0.3) is 0 Å². The van der Waals surface area contributed by atoms with Crippen LogP contribution in [0.4, 0.5) is 0 Å². The lowest BCUT2D eigenvalue weighted by atomic mass is 9.84. The van der Waals surface area contributed by atoms with E-state index in [9.17, 15) is 24.6 Å². The summed E-state index contributed by atoms with van der Waals surface area (Å²) in [5.41, 5.74) is 1.11. The molecule has 0 bridgehead atoms. The van der Waals surface area contributed by atoms with Crippen molar-refractivity contribution in [2.24, 2.45) is 5.92 Å². The molecule has 3 N–H and O–H groups in total. The molecule has 3 rings (SSSR count). The number of fused-ring (bicyclic) bond motifs is 1. The summed E-state index contributed by atoms with van der Waals surface area (Å²) in [7, 11) is 0. The van der Waals surface area contributed by atoms with Gasteiger partial charge in [-0.15, -0.1) is 0 Å². The Morgan fingerprint density at radius 3 is 2.53 bits per heavy atom. The summed E-state index contributed by atoms with van der Waals surface area (Å²) in [6.45, 7) is 1.63. The van der Waals surface area contributed by atoms with Crippen LogP contribution in [-0.4, -0.2) is 62.9 Å². The highest BCUT2D eigenvalue weighted by Crippen LogP contribution is 2.40. The van der Waals surface area contributed by atoms with Crippen molar-refractivity contribution in [2.45, 2.75) is 68.9 Å². The number of thioether (sulfide) groups is 1. The summed E-state index contributed by atoms with van der Waals surface area (Å²) in [5.74, 6) is -1.06. The quantitative estimate of drug-likeness (QED) is 0.548. The normalized spacial score (nSPS) is 25.4. The lowest BCUT2D eigenvalue weighted by molar-refractivity contribution is -0.151. The number of hydrogen-bond acceptors (Lipinski definition) is 5. The molecule has 1 amide bonds. The molecular formula is C22H30N2O5S. The number of hydrogen-bond donors (Lipinski definition) is 3. The maximum atomic E-state index is 13.2. The van der Waals surface area contributed by atoms with E-state index >= 15 is 0 Å². The summed E-state index contributed by atoms with van der Waals surface area (Å²) >= 11 is 1.49. The van der Waals surface area contributed by atoms with Gasteiger partial charge in [0.2, 0.25) is 5.91 Å². The minimum absolute atomic E-state index is 0.0488. The zero-order chi connectivity index (χ0) is 21.7. The maximum Gasteiger partial charge on any atom is 0.326 e. The molecule has 4 unspecified atom stereocenters. The first-order chi connectivity index (χ1) is 14.4. The van der Waals surface area contributed by atoms with Gasteiger partial charge in [0.1, 0.15) is 12.1 Å². The Morgan fingerprint density at radius 1 is 1.17 bits per heavy atom. The SMILES string of the molecule is C[C@H](NC(CSCc1ccccc1)C(=O)O)C(=O)N1C(C(=O)O)CC2CCCCC21. The fourth-order valence-electron chi connectivity index (χ4n) is 4.65. The molecule has 1 heterocycles. The van der Waals surface area contributed by atoms with Gasteiger partial charge >= 0.3 is 11.9 Å². The molecule has 7 nitrogen and oxygen atoms in total. The molecule has 0 aromatic heterocycles. The van der Waals surface area contributed by atoms with E-state index in [1.54, 1.807) is 6.92 Å². The number of carboxylic acid groups (broad SMARTS) is 2. The Bertz CT molecular complexity index is 759. The van der Waals surface area contributed by atoms with Crippen molar-refractivity contribution in [1.29, 1.82) is 0 Å². The van der Waals surface area contributed by atoms with Gasteiger partial charge in [0, 0.05) is 17.5 Å². The number of likely N-dealkylation sites (tertiary alicyclic amines) is 1. The second-order valence-electron chi connectivity index (χ2n) is 8.23. The fraction of sp³-hybridized carbons (Fsp3) is 0.591. The van der Waals surface area contributed by atoms with Gasteiger partial charge in [0.05, 0.1) is 6.04 Å². The van der Waals surface area contributed by atoms with Crippen molar-refractivity contribution in [2.75, 3.05) is 5.75 Å². The average molecular weight is 435 g/mol. The van der Waals surface area contributed by atoms with Gasteiger partial charge < -0.3 is 15.1 Å². The van der Waals surface area contributed by atoms with Crippen molar-refractivity contribution < 1.29 is 24.6 Å². The largest absolute Gasteiger partial charge is 0.480 e. The zero-order valence-electron chi connectivity index (χ0n) is 17.2. The van der Waals surface area contributed by atoms with Crippen LogP contribution in [0.1, 0.15) is 44.6 Å². The number of carbonyl (C=O) groups is 3. The van der Waals surface area contributed by atoms with Crippen LogP contribution >= 0.6 is 11.8 Å². The van der Waals surface area contributed by atoms with E-state index < -0.39 is 30.1 Å².